The molecule has 1 aliphatic heterocycles. The van der Waals surface area contributed by atoms with Crippen LogP contribution in [0.3, 0.4) is 0 Å². The van der Waals surface area contributed by atoms with Crippen molar-refractivity contribution in [3.05, 3.63) is 0 Å². The predicted octanol–water partition coefficient (Wildman–Crippen LogP) is 2.92. The first kappa shape index (κ1) is 18.7. The fourth-order valence-electron chi connectivity index (χ4n) is 3.26. The van der Waals surface area contributed by atoms with E-state index in [4.69, 9.17) is 14.2 Å². The van der Waals surface area contributed by atoms with Crippen LogP contribution >= 0.6 is 0 Å². The van der Waals surface area contributed by atoms with Crippen LogP contribution in [-0.4, -0.2) is 36.2 Å². The van der Waals surface area contributed by atoms with E-state index in [0.29, 0.717) is 32.1 Å². The van der Waals surface area contributed by atoms with Crippen LogP contribution in [0.15, 0.2) is 0 Å². The van der Waals surface area contributed by atoms with Gasteiger partial charge in [-0.2, -0.15) is 0 Å². The third kappa shape index (κ3) is 4.28. The maximum atomic E-state index is 12.2. The highest BCUT2D eigenvalue weighted by atomic mass is 16.6. The molecule has 0 amide bonds. The summed E-state index contributed by atoms with van der Waals surface area (Å²) in [5, 5.41) is 0. The number of esters is 3. The maximum Gasteiger partial charge on any atom is 0.344 e. The zero-order valence-corrected chi connectivity index (χ0v) is 14.9. The Morgan fingerprint density at radius 1 is 1.25 bits per heavy atom. The first-order chi connectivity index (χ1) is 11.3. The summed E-state index contributed by atoms with van der Waals surface area (Å²) in [6, 6.07) is 0. The van der Waals surface area contributed by atoms with Crippen LogP contribution in [0.5, 0.6) is 0 Å². The molecule has 0 aromatic heterocycles. The number of rotatable bonds is 6. The van der Waals surface area contributed by atoms with Gasteiger partial charge in [0.05, 0.1) is 5.41 Å². The van der Waals surface area contributed by atoms with Gasteiger partial charge in [-0.3, -0.25) is 9.59 Å². The molecule has 0 spiro atoms. The molecule has 1 heterocycles. The van der Waals surface area contributed by atoms with Crippen molar-refractivity contribution in [1.29, 1.82) is 0 Å². The normalized spacial score (nSPS) is 23.5. The Bertz CT molecular complexity index is 490. The molecule has 0 radical (unpaired) electrons. The van der Waals surface area contributed by atoms with Crippen LogP contribution < -0.4 is 0 Å². The van der Waals surface area contributed by atoms with Gasteiger partial charge < -0.3 is 14.2 Å². The van der Waals surface area contributed by atoms with Crippen LogP contribution in [0.4, 0.5) is 0 Å². The molecule has 136 valence electrons. The Kier molecular flexibility index (Phi) is 5.88. The topological polar surface area (TPSA) is 78.9 Å². The summed E-state index contributed by atoms with van der Waals surface area (Å²) >= 11 is 0. The van der Waals surface area contributed by atoms with Crippen molar-refractivity contribution in [3.8, 4) is 0 Å². The highest BCUT2D eigenvalue weighted by Crippen LogP contribution is 2.40. The van der Waals surface area contributed by atoms with Crippen molar-refractivity contribution in [2.45, 2.75) is 83.8 Å². The number of carbonyl (C=O) groups excluding carboxylic acids is 3. The Morgan fingerprint density at radius 2 is 1.92 bits per heavy atom. The average molecular weight is 340 g/mol. The summed E-state index contributed by atoms with van der Waals surface area (Å²) in [5.41, 5.74) is -1.38. The van der Waals surface area contributed by atoms with Gasteiger partial charge in [-0.1, -0.05) is 13.3 Å². The van der Waals surface area contributed by atoms with E-state index in [2.05, 4.69) is 0 Å². The molecule has 0 bridgehead atoms. The first-order valence-electron chi connectivity index (χ1n) is 8.88. The Morgan fingerprint density at radius 3 is 2.46 bits per heavy atom. The van der Waals surface area contributed by atoms with E-state index in [-0.39, 0.29) is 12.1 Å². The van der Waals surface area contributed by atoms with Gasteiger partial charge in [0.2, 0.25) is 0 Å². The molecule has 0 aromatic rings. The van der Waals surface area contributed by atoms with Crippen LogP contribution in [0.1, 0.15) is 72.1 Å². The van der Waals surface area contributed by atoms with E-state index in [1.165, 1.54) is 0 Å². The lowest BCUT2D eigenvalue weighted by molar-refractivity contribution is -0.191. The minimum atomic E-state index is -0.756. The molecule has 1 atom stereocenters. The van der Waals surface area contributed by atoms with Crippen LogP contribution in [0, 0.1) is 5.41 Å². The quantitative estimate of drug-likeness (QED) is 0.546. The van der Waals surface area contributed by atoms with Gasteiger partial charge in [-0.25, -0.2) is 4.79 Å². The summed E-state index contributed by atoms with van der Waals surface area (Å²) in [5.74, 6) is -1.22. The second kappa shape index (κ2) is 7.53. The molecule has 6 nitrogen and oxygen atoms in total. The van der Waals surface area contributed by atoms with Gasteiger partial charge in [-0.05, 0) is 52.4 Å². The number of carbonyl (C=O) groups is 3. The van der Waals surface area contributed by atoms with Crippen molar-refractivity contribution in [2.24, 2.45) is 5.41 Å². The molecule has 1 aliphatic carbocycles. The van der Waals surface area contributed by atoms with Gasteiger partial charge in [0.25, 0.3) is 0 Å². The minimum Gasteiger partial charge on any atom is -0.458 e. The zero-order valence-electron chi connectivity index (χ0n) is 14.9. The van der Waals surface area contributed by atoms with Crippen molar-refractivity contribution in [3.63, 3.8) is 0 Å². The lowest BCUT2D eigenvalue weighted by Gasteiger charge is -2.40. The first-order valence-corrected chi connectivity index (χ1v) is 8.88. The Labute approximate surface area is 143 Å². The van der Waals surface area contributed by atoms with E-state index >= 15 is 0 Å². The minimum absolute atomic E-state index is 0.239. The molecule has 2 aliphatic rings. The molecule has 2 rings (SSSR count). The van der Waals surface area contributed by atoms with Crippen molar-refractivity contribution in [2.75, 3.05) is 6.61 Å². The van der Waals surface area contributed by atoms with E-state index in [9.17, 15) is 14.4 Å². The monoisotopic (exact) mass is 340 g/mol. The molecular weight excluding hydrogens is 312 g/mol. The molecular formula is C18H28O6. The average Bonchev–Trinajstić information content (AvgIpc) is 3.00. The molecule has 0 aromatic carbocycles. The molecule has 1 saturated heterocycles. The Hall–Kier alpha value is -1.59. The number of ether oxygens (including phenoxy) is 3. The van der Waals surface area contributed by atoms with Crippen molar-refractivity contribution >= 4 is 17.9 Å². The number of cyclic esters (lactones) is 1. The SMILES string of the molecule is CCC(C)(C)C(=O)OCC(=O)OC1(C2CCC(=O)O2)CCCCC1. The van der Waals surface area contributed by atoms with E-state index in [1.807, 2.05) is 6.92 Å². The largest absolute Gasteiger partial charge is 0.458 e. The van der Waals surface area contributed by atoms with E-state index in [0.717, 1.165) is 19.3 Å². The van der Waals surface area contributed by atoms with Crippen LogP contribution in [-0.2, 0) is 28.6 Å². The number of hydrogen-bond donors (Lipinski definition) is 0. The van der Waals surface area contributed by atoms with Gasteiger partial charge in [0.1, 0.15) is 11.7 Å². The lowest BCUT2D eigenvalue weighted by atomic mass is 9.79. The van der Waals surface area contributed by atoms with E-state index in [1.54, 1.807) is 13.8 Å². The number of hydrogen-bond acceptors (Lipinski definition) is 6. The van der Waals surface area contributed by atoms with Gasteiger partial charge in [-0.15, -0.1) is 0 Å². The standard InChI is InChI=1S/C18H28O6/c1-4-17(2,3)16(21)22-12-15(20)24-18(10-6-5-7-11-18)13-8-9-14(19)23-13/h13H,4-12H2,1-3H3. The molecule has 1 saturated carbocycles. The fraction of sp³-hybridized carbons (Fsp3) is 0.833. The second-order valence-corrected chi connectivity index (χ2v) is 7.43. The van der Waals surface area contributed by atoms with Crippen LogP contribution in [0.25, 0.3) is 0 Å². The van der Waals surface area contributed by atoms with Crippen molar-refractivity contribution in [1.82, 2.24) is 0 Å². The van der Waals surface area contributed by atoms with Gasteiger partial charge in [0, 0.05) is 6.42 Å². The molecule has 6 heteroatoms. The van der Waals surface area contributed by atoms with Crippen molar-refractivity contribution < 1.29 is 28.6 Å². The lowest BCUT2D eigenvalue weighted by Crippen LogP contribution is -2.48. The predicted molar refractivity (Wildman–Crippen MR) is 86.1 cm³/mol. The van der Waals surface area contributed by atoms with E-state index < -0.39 is 29.6 Å². The fourth-order valence-corrected chi connectivity index (χ4v) is 3.26. The highest BCUT2D eigenvalue weighted by molar-refractivity contribution is 5.80. The second-order valence-electron chi connectivity index (χ2n) is 7.43. The van der Waals surface area contributed by atoms with Gasteiger partial charge in [0.15, 0.2) is 6.61 Å². The molecule has 24 heavy (non-hydrogen) atoms. The zero-order chi connectivity index (χ0) is 17.8. The van der Waals surface area contributed by atoms with Gasteiger partial charge >= 0.3 is 17.9 Å². The molecule has 2 fully saturated rings. The third-order valence-corrected chi connectivity index (χ3v) is 5.25. The maximum absolute atomic E-state index is 12.2. The smallest absolute Gasteiger partial charge is 0.344 e. The summed E-state index contributed by atoms with van der Waals surface area (Å²) in [4.78, 5) is 35.7. The highest BCUT2D eigenvalue weighted by Gasteiger charge is 2.48. The Balaban J connectivity index is 1.95. The summed E-state index contributed by atoms with van der Waals surface area (Å²) in [6.45, 7) is 5.05. The molecule has 1 unspecified atom stereocenters. The van der Waals surface area contributed by atoms with Crippen LogP contribution in [0.2, 0.25) is 0 Å². The summed E-state index contributed by atoms with van der Waals surface area (Å²) in [7, 11) is 0. The third-order valence-electron chi connectivity index (χ3n) is 5.25. The summed E-state index contributed by atoms with van der Waals surface area (Å²) in [6.07, 6.45) is 5.52. The molecule has 0 N–H and O–H groups in total. The summed E-state index contributed by atoms with van der Waals surface area (Å²) < 4.78 is 16.2.